The van der Waals surface area contributed by atoms with Crippen molar-refractivity contribution in [3.8, 4) is 5.69 Å². The fraction of sp³-hybridized carbons (Fsp3) is 0.375. The van der Waals surface area contributed by atoms with Gasteiger partial charge in [-0.25, -0.2) is 9.67 Å². The maximum atomic E-state index is 12.1. The molecule has 2 rings (SSSR count). The normalized spacial score (nSPS) is 10.7. The first-order valence-electron chi connectivity index (χ1n) is 7.64. The van der Waals surface area contributed by atoms with Crippen molar-refractivity contribution in [3.05, 3.63) is 40.9 Å². The molecule has 0 bridgehead atoms. The van der Waals surface area contributed by atoms with Crippen LogP contribution in [0.15, 0.2) is 24.3 Å². The van der Waals surface area contributed by atoms with Gasteiger partial charge in [0.05, 0.1) is 10.7 Å². The van der Waals surface area contributed by atoms with Crippen LogP contribution in [0.1, 0.15) is 36.7 Å². The van der Waals surface area contributed by atoms with Gasteiger partial charge in [-0.1, -0.05) is 23.7 Å². The molecule has 2 N–H and O–H groups in total. The number of benzene rings is 1. The van der Waals surface area contributed by atoms with Gasteiger partial charge in [-0.3, -0.25) is 9.59 Å². The number of para-hydroxylation sites is 1. The van der Waals surface area contributed by atoms with E-state index in [2.05, 4.69) is 20.7 Å². The van der Waals surface area contributed by atoms with Crippen molar-refractivity contribution in [2.24, 2.45) is 0 Å². The molecule has 2 aromatic rings. The molecule has 2 amide bonds. The number of aromatic nitrogens is 3. The van der Waals surface area contributed by atoms with Crippen molar-refractivity contribution in [2.75, 3.05) is 6.54 Å². The van der Waals surface area contributed by atoms with E-state index in [0.717, 1.165) is 0 Å². The zero-order chi connectivity index (χ0) is 17.7. The lowest BCUT2D eigenvalue weighted by molar-refractivity contribution is -0.121. The molecule has 24 heavy (non-hydrogen) atoms. The maximum absolute atomic E-state index is 12.1. The molecule has 1 aromatic carbocycles. The highest BCUT2D eigenvalue weighted by atomic mass is 35.5. The number of carbonyl (C=O) groups is 2. The van der Waals surface area contributed by atoms with Gasteiger partial charge in [0.1, 0.15) is 5.82 Å². The number of carbonyl (C=O) groups excluding carboxylic acids is 2. The molecule has 1 aromatic heterocycles. The molecule has 0 fully saturated rings. The summed E-state index contributed by atoms with van der Waals surface area (Å²) in [5.74, 6) is 0.0415. The molecule has 0 aliphatic heterocycles. The van der Waals surface area contributed by atoms with Gasteiger partial charge in [-0.05, 0) is 32.9 Å². The number of nitrogens with one attached hydrogen (secondary N) is 2. The van der Waals surface area contributed by atoms with Crippen LogP contribution in [0.2, 0.25) is 5.02 Å². The Balaban J connectivity index is 2.00. The predicted octanol–water partition coefficient (Wildman–Crippen LogP) is 1.87. The number of nitrogens with zero attached hydrogens (tertiary/aromatic N) is 3. The molecule has 1 heterocycles. The third-order valence-corrected chi connectivity index (χ3v) is 3.46. The Kier molecular flexibility index (Phi) is 5.92. The van der Waals surface area contributed by atoms with Crippen molar-refractivity contribution in [1.82, 2.24) is 25.4 Å². The van der Waals surface area contributed by atoms with Crippen LogP contribution in [0.3, 0.4) is 0 Å². The highest BCUT2D eigenvalue weighted by Gasteiger charge is 2.16. The van der Waals surface area contributed by atoms with Crippen LogP contribution in [-0.2, 0) is 4.79 Å². The standard InChI is InChI=1S/C16H20ClN5O2/c1-10(2)19-14(23)8-9-18-16(24)15-20-11(3)22(21-15)13-7-5-4-6-12(13)17/h4-7,10H,8-9H2,1-3H3,(H,18,24)(H,19,23). The van der Waals surface area contributed by atoms with Crippen LogP contribution in [0.5, 0.6) is 0 Å². The third-order valence-electron chi connectivity index (χ3n) is 3.14. The lowest BCUT2D eigenvalue weighted by Gasteiger charge is -2.08. The van der Waals surface area contributed by atoms with Gasteiger partial charge in [0, 0.05) is 19.0 Å². The molecule has 0 unspecified atom stereocenters. The number of halogens is 1. The second-order valence-electron chi connectivity index (χ2n) is 5.57. The maximum Gasteiger partial charge on any atom is 0.290 e. The number of hydrogen-bond donors (Lipinski definition) is 2. The van der Waals surface area contributed by atoms with Gasteiger partial charge in [-0.2, -0.15) is 0 Å². The van der Waals surface area contributed by atoms with E-state index in [1.807, 2.05) is 26.0 Å². The summed E-state index contributed by atoms with van der Waals surface area (Å²) in [6.45, 7) is 5.72. The number of hydrogen-bond acceptors (Lipinski definition) is 4. The first-order chi connectivity index (χ1) is 11.4. The minimum atomic E-state index is -0.429. The Morgan fingerprint density at radius 3 is 2.67 bits per heavy atom. The topological polar surface area (TPSA) is 88.9 Å². The van der Waals surface area contributed by atoms with E-state index in [0.29, 0.717) is 16.5 Å². The van der Waals surface area contributed by atoms with Gasteiger partial charge < -0.3 is 10.6 Å². The van der Waals surface area contributed by atoms with E-state index in [4.69, 9.17) is 11.6 Å². The minimum absolute atomic E-state index is 0.0386. The summed E-state index contributed by atoms with van der Waals surface area (Å²) in [4.78, 5) is 27.8. The lowest BCUT2D eigenvalue weighted by Crippen LogP contribution is -2.34. The van der Waals surface area contributed by atoms with E-state index >= 15 is 0 Å². The number of aryl methyl sites for hydroxylation is 1. The van der Waals surface area contributed by atoms with E-state index < -0.39 is 5.91 Å². The molecular formula is C16H20ClN5O2. The lowest BCUT2D eigenvalue weighted by atomic mass is 10.3. The molecule has 0 aliphatic rings. The average Bonchev–Trinajstić information content (AvgIpc) is 2.89. The van der Waals surface area contributed by atoms with Gasteiger partial charge in [-0.15, -0.1) is 5.10 Å². The van der Waals surface area contributed by atoms with Crippen LogP contribution in [0.4, 0.5) is 0 Å². The summed E-state index contributed by atoms with van der Waals surface area (Å²) in [7, 11) is 0. The smallest absolute Gasteiger partial charge is 0.290 e. The quantitative estimate of drug-likeness (QED) is 0.833. The van der Waals surface area contributed by atoms with Gasteiger partial charge in [0.25, 0.3) is 5.91 Å². The van der Waals surface area contributed by atoms with Crippen LogP contribution < -0.4 is 10.6 Å². The Morgan fingerprint density at radius 2 is 2.00 bits per heavy atom. The zero-order valence-electron chi connectivity index (χ0n) is 13.8. The van der Waals surface area contributed by atoms with Gasteiger partial charge in [0.15, 0.2) is 0 Å². The summed E-state index contributed by atoms with van der Waals surface area (Å²) in [6.07, 6.45) is 0.203. The van der Waals surface area contributed by atoms with E-state index in [9.17, 15) is 9.59 Å². The van der Waals surface area contributed by atoms with E-state index in [1.54, 1.807) is 19.1 Å². The molecule has 128 valence electrons. The zero-order valence-corrected chi connectivity index (χ0v) is 14.6. The molecule has 0 spiro atoms. The number of amides is 2. The Morgan fingerprint density at radius 1 is 1.29 bits per heavy atom. The number of rotatable bonds is 6. The fourth-order valence-corrected chi connectivity index (χ4v) is 2.32. The van der Waals surface area contributed by atoms with Crippen LogP contribution in [0, 0.1) is 6.92 Å². The molecule has 0 saturated carbocycles. The Hall–Kier alpha value is -2.41. The van der Waals surface area contributed by atoms with Crippen molar-refractivity contribution < 1.29 is 9.59 Å². The predicted molar refractivity (Wildman–Crippen MR) is 91.3 cm³/mol. The third kappa shape index (κ3) is 4.55. The van der Waals surface area contributed by atoms with Crippen molar-refractivity contribution in [2.45, 2.75) is 33.2 Å². The minimum Gasteiger partial charge on any atom is -0.354 e. The molecular weight excluding hydrogens is 330 g/mol. The van der Waals surface area contributed by atoms with Crippen LogP contribution in [-0.4, -0.2) is 39.2 Å². The molecule has 7 nitrogen and oxygen atoms in total. The first kappa shape index (κ1) is 17.9. The Labute approximate surface area is 145 Å². The van der Waals surface area contributed by atoms with E-state index in [-0.39, 0.29) is 30.7 Å². The fourth-order valence-electron chi connectivity index (χ4n) is 2.10. The van der Waals surface area contributed by atoms with Crippen molar-refractivity contribution >= 4 is 23.4 Å². The molecule has 0 radical (unpaired) electrons. The highest BCUT2D eigenvalue weighted by molar-refractivity contribution is 6.32. The largest absolute Gasteiger partial charge is 0.354 e. The molecule has 0 atom stereocenters. The summed E-state index contributed by atoms with van der Waals surface area (Å²) < 4.78 is 1.52. The Bertz CT molecular complexity index is 742. The summed E-state index contributed by atoms with van der Waals surface area (Å²) in [5.41, 5.74) is 0.652. The van der Waals surface area contributed by atoms with Crippen molar-refractivity contribution in [1.29, 1.82) is 0 Å². The van der Waals surface area contributed by atoms with Gasteiger partial charge in [0.2, 0.25) is 11.7 Å². The summed E-state index contributed by atoms with van der Waals surface area (Å²) in [5, 5.41) is 10.1. The van der Waals surface area contributed by atoms with Crippen LogP contribution >= 0.6 is 11.6 Å². The summed E-state index contributed by atoms with van der Waals surface area (Å²) in [6, 6.07) is 7.25. The average molecular weight is 350 g/mol. The second-order valence-corrected chi connectivity index (χ2v) is 5.98. The SMILES string of the molecule is Cc1nc(C(=O)NCCC(=O)NC(C)C)nn1-c1ccccc1Cl. The first-order valence-corrected chi connectivity index (χ1v) is 8.02. The summed E-state index contributed by atoms with van der Waals surface area (Å²) >= 11 is 6.15. The van der Waals surface area contributed by atoms with Gasteiger partial charge >= 0.3 is 0 Å². The molecule has 0 saturated heterocycles. The van der Waals surface area contributed by atoms with Crippen LogP contribution in [0.25, 0.3) is 5.69 Å². The monoisotopic (exact) mass is 349 g/mol. The molecule has 8 heteroatoms. The van der Waals surface area contributed by atoms with Crippen molar-refractivity contribution in [3.63, 3.8) is 0 Å². The molecule has 0 aliphatic carbocycles. The van der Waals surface area contributed by atoms with E-state index in [1.165, 1.54) is 4.68 Å². The highest BCUT2D eigenvalue weighted by Crippen LogP contribution is 2.20. The second kappa shape index (κ2) is 7.92.